The van der Waals surface area contributed by atoms with Crippen molar-refractivity contribution in [3.8, 4) is 16.3 Å². The average Bonchev–Trinajstić information content (AvgIpc) is 3.10. The van der Waals surface area contributed by atoms with E-state index in [1.807, 2.05) is 0 Å². The normalized spacial score (nSPS) is 15.1. The van der Waals surface area contributed by atoms with Crippen molar-refractivity contribution in [2.75, 3.05) is 0 Å². The van der Waals surface area contributed by atoms with E-state index in [1.165, 1.54) is 6.07 Å². The number of hydrogen-bond donors (Lipinski definition) is 1. The molecule has 1 fully saturated rings. The molecule has 1 amide bonds. The van der Waals surface area contributed by atoms with Crippen molar-refractivity contribution in [1.29, 1.82) is 0 Å². The van der Waals surface area contributed by atoms with Crippen LogP contribution >= 0.6 is 22.9 Å². The lowest BCUT2D eigenvalue weighted by Crippen LogP contribution is -2.36. The van der Waals surface area contributed by atoms with Gasteiger partial charge in [0, 0.05) is 29.7 Å². The van der Waals surface area contributed by atoms with Gasteiger partial charge in [-0.1, -0.05) is 11.6 Å². The van der Waals surface area contributed by atoms with Gasteiger partial charge in [0.05, 0.1) is 11.8 Å². The smallest absolute Gasteiger partial charge is 0.349 e. The van der Waals surface area contributed by atoms with E-state index in [9.17, 15) is 39.9 Å². The monoisotopic (exact) mass is 533 g/mol. The van der Waals surface area contributed by atoms with Crippen LogP contribution in [-0.2, 0) is 19.1 Å². The van der Waals surface area contributed by atoms with Gasteiger partial charge in [0.15, 0.2) is 11.5 Å². The Hall–Kier alpha value is -2.68. The lowest BCUT2D eigenvalue weighted by atomic mass is 10.1. The van der Waals surface area contributed by atoms with E-state index in [2.05, 4.69) is 15.5 Å². The fourth-order valence-electron chi connectivity index (χ4n) is 3.12. The summed E-state index contributed by atoms with van der Waals surface area (Å²) in [5.41, 5.74) is -4.48. The maximum Gasteiger partial charge on any atom is 0.459 e. The largest absolute Gasteiger partial charge is 0.459 e. The van der Waals surface area contributed by atoms with Crippen LogP contribution in [-0.4, -0.2) is 37.7 Å². The maximum atomic E-state index is 13.9. The highest BCUT2D eigenvalue weighted by molar-refractivity contribution is 7.19. The third-order valence-corrected chi connectivity index (χ3v) is 6.29. The van der Waals surface area contributed by atoms with Crippen LogP contribution in [0.15, 0.2) is 18.5 Å². The van der Waals surface area contributed by atoms with Crippen LogP contribution in [0.2, 0.25) is 4.34 Å². The molecule has 0 atom stereocenters. The predicted octanol–water partition coefficient (Wildman–Crippen LogP) is 5.55. The summed E-state index contributed by atoms with van der Waals surface area (Å²) in [5, 5.41) is 9.26. The number of aromatic nitrogens is 4. The van der Waals surface area contributed by atoms with Crippen LogP contribution < -0.4 is 5.32 Å². The summed E-state index contributed by atoms with van der Waals surface area (Å²) < 4.78 is 108. The second-order valence-corrected chi connectivity index (χ2v) is 9.11. The number of halogens is 9. The number of amides is 1. The summed E-state index contributed by atoms with van der Waals surface area (Å²) in [6, 6.07) is 1.42. The zero-order valence-corrected chi connectivity index (χ0v) is 18.3. The summed E-state index contributed by atoms with van der Waals surface area (Å²) in [4.78, 5) is 12.6. The SMILES string of the molecule is Cn1nc(C(F)(F)C(F)(F)F)c(C(F)(F)F)c1-n1cc(-c2cc(C(=O)NC3CC3)c(Cl)s2)cn1. The second kappa shape index (κ2) is 7.93. The minimum Gasteiger partial charge on any atom is -0.349 e. The highest BCUT2D eigenvalue weighted by Gasteiger charge is 2.64. The molecule has 0 aliphatic heterocycles. The van der Waals surface area contributed by atoms with Crippen LogP contribution in [0.4, 0.5) is 35.1 Å². The van der Waals surface area contributed by atoms with Crippen molar-refractivity contribution >= 4 is 28.8 Å². The molecule has 16 heteroatoms. The molecule has 0 spiro atoms. The Labute approximate surface area is 194 Å². The zero-order chi connectivity index (χ0) is 25.2. The number of nitrogens with one attached hydrogen (secondary N) is 1. The Morgan fingerprint density at radius 1 is 1.18 bits per heavy atom. The third-order valence-electron chi connectivity index (χ3n) is 4.88. The Balaban J connectivity index is 1.77. The lowest BCUT2D eigenvalue weighted by molar-refractivity contribution is -0.292. The molecule has 0 saturated heterocycles. The molecule has 3 aromatic rings. The van der Waals surface area contributed by atoms with E-state index in [-0.39, 0.29) is 26.2 Å². The number of alkyl halides is 8. The van der Waals surface area contributed by atoms with Crippen molar-refractivity contribution in [3.05, 3.63) is 39.6 Å². The molecule has 3 heterocycles. The van der Waals surface area contributed by atoms with Crippen LogP contribution in [0.5, 0.6) is 0 Å². The number of hydrogen-bond acceptors (Lipinski definition) is 4. The maximum absolute atomic E-state index is 13.9. The van der Waals surface area contributed by atoms with Crippen LogP contribution in [0.1, 0.15) is 34.5 Å². The molecule has 1 N–H and O–H groups in total. The van der Waals surface area contributed by atoms with E-state index < -0.39 is 41.3 Å². The first kappa shape index (κ1) is 24.4. The molecule has 1 aliphatic carbocycles. The Kier molecular flexibility index (Phi) is 5.70. The Morgan fingerprint density at radius 3 is 2.38 bits per heavy atom. The van der Waals surface area contributed by atoms with Crippen LogP contribution in [0.3, 0.4) is 0 Å². The molecule has 34 heavy (non-hydrogen) atoms. The molecule has 184 valence electrons. The molecule has 0 radical (unpaired) electrons. The number of carbonyl (C=O) groups is 1. The molecular formula is C18H12ClF8N5OS. The van der Waals surface area contributed by atoms with Crippen molar-refractivity contribution in [1.82, 2.24) is 24.9 Å². The minimum atomic E-state index is -6.31. The van der Waals surface area contributed by atoms with E-state index in [0.29, 0.717) is 9.56 Å². The Bertz CT molecular complexity index is 1250. The summed E-state index contributed by atoms with van der Waals surface area (Å²) in [6.07, 6.45) is -8.23. The molecule has 6 nitrogen and oxygen atoms in total. The van der Waals surface area contributed by atoms with Crippen LogP contribution in [0.25, 0.3) is 16.3 Å². The second-order valence-electron chi connectivity index (χ2n) is 7.46. The van der Waals surface area contributed by atoms with Crippen molar-refractivity contribution in [3.63, 3.8) is 0 Å². The average molecular weight is 534 g/mol. The number of aryl methyl sites for hydroxylation is 1. The van der Waals surface area contributed by atoms with Crippen molar-refractivity contribution in [2.24, 2.45) is 7.05 Å². The first-order valence-electron chi connectivity index (χ1n) is 9.36. The summed E-state index contributed by atoms with van der Waals surface area (Å²) in [7, 11) is 0.782. The standard InChI is InChI=1S/C18H12ClF8N5OS/c1-31-15(11(17(22,23)24)12(30-31)16(20,21)18(25,26)27)32-6-7(5-28-32)10-4-9(13(19)34-10)14(33)29-8-2-3-8/h4-6,8H,2-3H2,1H3,(H,29,33). The van der Waals surface area contributed by atoms with Crippen molar-refractivity contribution in [2.45, 2.75) is 37.2 Å². The highest BCUT2D eigenvalue weighted by Crippen LogP contribution is 2.49. The summed E-state index contributed by atoms with van der Waals surface area (Å²) in [5.74, 6) is -7.45. The first-order chi connectivity index (χ1) is 15.6. The van der Waals surface area contributed by atoms with E-state index >= 15 is 0 Å². The molecule has 1 aliphatic rings. The topological polar surface area (TPSA) is 64.7 Å². The minimum absolute atomic E-state index is 0.0457. The van der Waals surface area contributed by atoms with Gasteiger partial charge < -0.3 is 5.32 Å². The molecule has 4 rings (SSSR count). The van der Waals surface area contributed by atoms with E-state index in [1.54, 1.807) is 0 Å². The molecule has 0 aromatic carbocycles. The first-order valence-corrected chi connectivity index (χ1v) is 10.6. The van der Waals surface area contributed by atoms with Gasteiger partial charge in [-0.15, -0.1) is 11.3 Å². The molecule has 1 saturated carbocycles. The summed E-state index contributed by atoms with van der Waals surface area (Å²) in [6.45, 7) is 0. The molecule has 3 aromatic heterocycles. The quantitative estimate of drug-likeness (QED) is 0.437. The van der Waals surface area contributed by atoms with Gasteiger partial charge in [0.25, 0.3) is 5.91 Å². The van der Waals surface area contributed by atoms with Crippen LogP contribution in [0, 0.1) is 0 Å². The van der Waals surface area contributed by atoms with Gasteiger partial charge in [0.1, 0.15) is 9.90 Å². The van der Waals surface area contributed by atoms with Gasteiger partial charge in [0.2, 0.25) is 0 Å². The fraction of sp³-hybridized carbons (Fsp3) is 0.389. The van der Waals surface area contributed by atoms with Crippen molar-refractivity contribution < 1.29 is 39.9 Å². The van der Waals surface area contributed by atoms with Gasteiger partial charge in [-0.05, 0) is 18.9 Å². The van der Waals surface area contributed by atoms with E-state index in [0.717, 1.165) is 43.6 Å². The molecule has 0 unspecified atom stereocenters. The number of carbonyl (C=O) groups excluding carboxylic acids is 1. The predicted molar refractivity (Wildman–Crippen MR) is 104 cm³/mol. The third kappa shape index (κ3) is 4.26. The van der Waals surface area contributed by atoms with Gasteiger partial charge in [-0.3, -0.25) is 4.79 Å². The summed E-state index contributed by atoms with van der Waals surface area (Å²) >= 11 is 7.02. The fourth-order valence-corrected chi connectivity index (χ4v) is 4.36. The highest BCUT2D eigenvalue weighted by atomic mass is 35.5. The molecular weight excluding hydrogens is 522 g/mol. The Morgan fingerprint density at radius 2 is 1.82 bits per heavy atom. The lowest BCUT2D eigenvalue weighted by Gasteiger charge is -2.19. The number of nitrogens with zero attached hydrogens (tertiary/aromatic N) is 4. The zero-order valence-electron chi connectivity index (χ0n) is 16.7. The van der Waals surface area contributed by atoms with E-state index in [4.69, 9.17) is 11.6 Å². The molecule has 0 bridgehead atoms. The van der Waals surface area contributed by atoms with Gasteiger partial charge in [-0.25, -0.2) is 9.36 Å². The number of rotatable bonds is 5. The number of thiophene rings is 1. The van der Waals surface area contributed by atoms with Gasteiger partial charge >= 0.3 is 18.3 Å². The van der Waals surface area contributed by atoms with Gasteiger partial charge in [-0.2, -0.15) is 45.3 Å².